The van der Waals surface area contributed by atoms with E-state index in [1.165, 1.54) is 13.8 Å². The molecule has 0 amide bonds. The summed E-state index contributed by atoms with van der Waals surface area (Å²) < 4.78 is 4.39. The maximum absolute atomic E-state index is 11.9. The number of carbonyl (C=O) groups is 4. The number of rotatable bonds is 4. The fourth-order valence-corrected chi connectivity index (χ4v) is 1.00. The van der Waals surface area contributed by atoms with E-state index in [2.05, 4.69) is 4.74 Å². The maximum atomic E-state index is 11.9. The predicted molar refractivity (Wildman–Crippen MR) is 78.9 cm³/mol. The molecule has 0 N–H and O–H groups in total. The number of esters is 2. The third kappa shape index (κ3) is 8.05. The topological polar surface area (TPSA) is 77.5 Å². The van der Waals surface area contributed by atoms with Gasteiger partial charge in [-0.25, -0.2) is 0 Å². The van der Waals surface area contributed by atoms with E-state index >= 15 is 0 Å². The quantitative estimate of drug-likeness (QED) is 0.426. The summed E-state index contributed by atoms with van der Waals surface area (Å²) in [6.45, 7) is 8.86. The molecule has 0 radical (unpaired) electrons. The zero-order valence-corrected chi connectivity index (χ0v) is 11.7. The molecule has 0 aliphatic carbocycles. The van der Waals surface area contributed by atoms with Crippen LogP contribution in [0.4, 0.5) is 0 Å². The van der Waals surface area contributed by atoms with Gasteiger partial charge in [0.05, 0.1) is 6.42 Å². The first-order valence-electron chi connectivity index (χ1n) is 5.68. The second-order valence-electron chi connectivity index (χ2n) is 5.78. The van der Waals surface area contributed by atoms with Gasteiger partial charge in [-0.1, -0.05) is 20.8 Å². The average molecular weight is 304 g/mol. The number of carbonyl (C=O) groups excluding carboxylic acids is 4. The van der Waals surface area contributed by atoms with Gasteiger partial charge in [-0.3, -0.25) is 19.2 Å². The van der Waals surface area contributed by atoms with Crippen molar-refractivity contribution in [2.75, 3.05) is 0 Å². The number of hydrogen-bond acceptors (Lipinski definition) is 5. The van der Waals surface area contributed by atoms with Crippen molar-refractivity contribution in [3.63, 3.8) is 0 Å². The Morgan fingerprint density at radius 3 is 1.55 bits per heavy atom. The molecule has 0 aromatic heterocycles. The molecule has 0 saturated heterocycles. The fourth-order valence-electron chi connectivity index (χ4n) is 1.00. The van der Waals surface area contributed by atoms with E-state index in [1.807, 2.05) is 0 Å². The summed E-state index contributed by atoms with van der Waals surface area (Å²) in [6, 6.07) is 0. The first-order valence-corrected chi connectivity index (χ1v) is 5.68. The van der Waals surface area contributed by atoms with Gasteiger partial charge in [-0.15, -0.1) is 0 Å². The van der Waals surface area contributed by atoms with Gasteiger partial charge in [0.25, 0.3) is 0 Å². The van der Waals surface area contributed by atoms with Crippen molar-refractivity contribution in [2.24, 2.45) is 10.8 Å². The summed E-state index contributed by atoms with van der Waals surface area (Å²) in [4.78, 5) is 45.9. The van der Waals surface area contributed by atoms with Crippen LogP contribution in [-0.4, -0.2) is 82.6 Å². The molecular weight excluding hydrogens is 282 g/mol. The van der Waals surface area contributed by atoms with E-state index in [-0.39, 0.29) is 71.3 Å². The Morgan fingerprint density at radius 2 is 1.25 bits per heavy atom. The van der Waals surface area contributed by atoms with Gasteiger partial charge in [-0.2, -0.15) is 0 Å². The molecule has 0 fully saturated rings. The van der Waals surface area contributed by atoms with Crippen LogP contribution in [0.1, 0.15) is 48.0 Å². The van der Waals surface area contributed by atoms with Crippen LogP contribution in [0.15, 0.2) is 0 Å². The predicted octanol–water partition coefficient (Wildman–Crippen LogP) is 0.380. The molecule has 106 valence electrons. The van der Waals surface area contributed by atoms with Gasteiger partial charge >= 0.3 is 71.1 Å². The molecule has 0 aliphatic heterocycles. The molecule has 0 aromatic rings. The van der Waals surface area contributed by atoms with Crippen molar-refractivity contribution in [3.8, 4) is 0 Å². The normalized spacial score (nSPS) is 10.7. The molecule has 7 heteroatoms. The molecule has 0 rings (SSSR count). The number of Topliss-reactive ketones (excluding diaryl/α,β-unsaturated/α-hetero) is 2. The van der Waals surface area contributed by atoms with Crippen molar-refractivity contribution in [1.82, 2.24) is 0 Å². The Morgan fingerprint density at radius 1 is 0.850 bits per heavy atom. The standard InChI is InChI=1S/C13H20O5.2Na.2H/c1-8(14)18-11(17)13(5,6)10(16)7-9(15)12(2,3)4;;;;/h7H2,1-6H3;;;;. The summed E-state index contributed by atoms with van der Waals surface area (Å²) in [6.07, 6.45) is -0.344. The molecule has 20 heavy (non-hydrogen) atoms. The third-order valence-electron chi connectivity index (χ3n) is 2.60. The molecular formula is C13H22Na2O5. The second-order valence-corrected chi connectivity index (χ2v) is 5.78. The summed E-state index contributed by atoms with van der Waals surface area (Å²) in [5, 5.41) is 0. The van der Waals surface area contributed by atoms with Crippen LogP contribution in [0.25, 0.3) is 0 Å². The van der Waals surface area contributed by atoms with E-state index in [4.69, 9.17) is 0 Å². The van der Waals surface area contributed by atoms with Crippen LogP contribution >= 0.6 is 0 Å². The minimum absolute atomic E-state index is 0. The summed E-state index contributed by atoms with van der Waals surface area (Å²) in [5.41, 5.74) is -2.14. The van der Waals surface area contributed by atoms with Gasteiger partial charge < -0.3 is 4.74 Å². The van der Waals surface area contributed by atoms with Gasteiger partial charge in [0.2, 0.25) is 0 Å². The molecule has 0 atom stereocenters. The van der Waals surface area contributed by atoms with Crippen molar-refractivity contribution in [2.45, 2.75) is 48.0 Å². The van der Waals surface area contributed by atoms with Crippen LogP contribution in [0.2, 0.25) is 0 Å². The Kier molecular flexibility index (Phi) is 12.1. The summed E-state index contributed by atoms with van der Waals surface area (Å²) in [7, 11) is 0. The Hall–Kier alpha value is 0.480. The number of ketones is 2. The third-order valence-corrected chi connectivity index (χ3v) is 2.60. The summed E-state index contributed by atoms with van der Waals surface area (Å²) >= 11 is 0. The Bertz CT molecular complexity index is 394. The van der Waals surface area contributed by atoms with E-state index in [9.17, 15) is 19.2 Å². The van der Waals surface area contributed by atoms with Crippen molar-refractivity contribution in [1.29, 1.82) is 0 Å². The molecule has 0 saturated carbocycles. The van der Waals surface area contributed by atoms with Gasteiger partial charge in [0.1, 0.15) is 11.2 Å². The van der Waals surface area contributed by atoms with Crippen LogP contribution < -0.4 is 0 Å². The van der Waals surface area contributed by atoms with Crippen molar-refractivity contribution >= 4 is 82.6 Å². The summed E-state index contributed by atoms with van der Waals surface area (Å²) in [5.74, 6) is -2.50. The molecule has 0 aromatic carbocycles. The van der Waals surface area contributed by atoms with Crippen LogP contribution in [0.5, 0.6) is 0 Å². The zero-order valence-electron chi connectivity index (χ0n) is 11.7. The molecule has 5 nitrogen and oxygen atoms in total. The first-order chi connectivity index (χ1) is 7.89. The molecule has 0 bridgehead atoms. The van der Waals surface area contributed by atoms with Crippen LogP contribution in [0.3, 0.4) is 0 Å². The van der Waals surface area contributed by atoms with Crippen LogP contribution in [-0.2, 0) is 23.9 Å². The van der Waals surface area contributed by atoms with E-state index in [0.29, 0.717) is 0 Å². The minimum atomic E-state index is -1.49. The van der Waals surface area contributed by atoms with Gasteiger partial charge in [-0.05, 0) is 13.8 Å². The second kappa shape index (κ2) is 9.49. The number of ether oxygens (including phenoxy) is 1. The number of hydrogen-bond donors (Lipinski definition) is 0. The molecule has 0 heterocycles. The van der Waals surface area contributed by atoms with Gasteiger partial charge in [0, 0.05) is 12.3 Å². The monoisotopic (exact) mass is 304 g/mol. The molecule has 0 aliphatic rings. The van der Waals surface area contributed by atoms with Crippen molar-refractivity contribution in [3.05, 3.63) is 0 Å². The molecule has 0 unspecified atom stereocenters. The van der Waals surface area contributed by atoms with E-state index in [0.717, 1.165) is 6.92 Å². The Balaban J connectivity index is -0.00000144. The SMILES string of the molecule is CC(=O)OC(=O)C(C)(C)C(=O)CC(=O)C(C)(C)C.[NaH].[NaH]. The van der Waals surface area contributed by atoms with Gasteiger partial charge in [0.15, 0.2) is 5.78 Å². The van der Waals surface area contributed by atoms with Crippen molar-refractivity contribution < 1.29 is 23.9 Å². The zero-order chi connectivity index (χ0) is 14.7. The molecule has 0 spiro atoms. The average Bonchev–Trinajstić information content (AvgIpc) is 2.14. The fraction of sp³-hybridized carbons (Fsp3) is 0.692. The van der Waals surface area contributed by atoms with E-state index in [1.54, 1.807) is 20.8 Å². The Labute approximate surface area is 164 Å². The van der Waals surface area contributed by atoms with Crippen LogP contribution in [0, 0.1) is 10.8 Å². The first kappa shape index (κ1) is 25.4. The van der Waals surface area contributed by atoms with E-state index < -0.39 is 28.6 Å².